The SMILES string of the molecule is CC(C)OCC(=O)Nc1c[nH]c2ncc(Cl)c(N3CCC[C@@H](N)C3)c12.CCOCC(=O)Nc1c[nH]c2ncc(Br)c(N3CCC[C@@H](N)C3)c12.CCOCC(=O)Nc1c[nH]c2ncc(Cl)c(N3CCC[C@@H](N)C3)c12.CC[C@@H]1CCCN(c2c(Br)cnc3[nH]cc(NC(=O)C(C)OC(C)C)c23)C1.CC[C@@H]1CCCN(c2c(Br)cnc3[nH]cc(NC(=O)COC(C)C)c23)C1.N[C@@H]1CCCN(c2c(Cl)cnc3[nH]cc(NC(=O)CO)c23)C1. The first-order valence-corrected chi connectivity index (χ1v) is 54.6. The normalized spacial score (nSPS) is 18.3. The van der Waals surface area contributed by atoms with Crippen LogP contribution in [0.5, 0.6) is 0 Å². The maximum atomic E-state index is 12.6. The molecule has 0 bridgehead atoms. The van der Waals surface area contributed by atoms with E-state index >= 15 is 0 Å². The Morgan fingerprint density at radius 1 is 0.365 bits per heavy atom. The molecule has 0 aromatic carbocycles. The number of hydrogen-bond acceptors (Lipinski definition) is 28. The Labute approximate surface area is 901 Å². The maximum Gasteiger partial charge on any atom is 0.253 e. The molecule has 12 aromatic rings. The van der Waals surface area contributed by atoms with Crippen LogP contribution < -0.4 is 84.2 Å². The van der Waals surface area contributed by atoms with Crippen LogP contribution >= 0.6 is 82.6 Å². The number of aromatic amines is 6. The van der Waals surface area contributed by atoms with Crippen LogP contribution in [-0.2, 0) is 52.5 Å². The van der Waals surface area contributed by atoms with Gasteiger partial charge in [-0.15, -0.1) is 0 Å². The lowest BCUT2D eigenvalue weighted by Crippen LogP contribution is -2.43. The lowest BCUT2D eigenvalue weighted by atomic mass is 9.95. The van der Waals surface area contributed by atoms with E-state index in [1.807, 2.05) is 80.2 Å². The van der Waals surface area contributed by atoms with Crippen LogP contribution in [-0.4, -0.2) is 274 Å². The van der Waals surface area contributed by atoms with Crippen molar-refractivity contribution in [1.29, 1.82) is 0 Å². The second-order valence-corrected chi connectivity index (χ2v) is 42.4. The van der Waals surface area contributed by atoms with Crippen molar-refractivity contribution in [3.63, 3.8) is 0 Å². The number of nitrogens with zero attached hydrogens (tertiary/aromatic N) is 12. The van der Waals surface area contributed by atoms with Crippen molar-refractivity contribution in [2.45, 2.75) is 215 Å². The third-order valence-electron chi connectivity index (χ3n) is 26.3. The average molecular weight is 2300 g/mol. The monoisotopic (exact) mass is 2290 g/mol. The second-order valence-electron chi connectivity index (χ2n) is 38.6. The molecule has 804 valence electrons. The summed E-state index contributed by atoms with van der Waals surface area (Å²) in [6, 6.07) is 0.490. The summed E-state index contributed by atoms with van der Waals surface area (Å²) in [5.41, 5.74) is 38.5. The Balaban J connectivity index is 0.000000148. The fourth-order valence-electron chi connectivity index (χ4n) is 19.3. The average Bonchev–Trinajstić information content (AvgIpc) is 0.989. The van der Waals surface area contributed by atoms with Crippen molar-refractivity contribution in [3.8, 4) is 0 Å². The van der Waals surface area contributed by atoms with Gasteiger partial charge in [-0.3, -0.25) is 28.8 Å². The second kappa shape index (κ2) is 55.1. The van der Waals surface area contributed by atoms with E-state index in [-0.39, 0.29) is 98.4 Å². The van der Waals surface area contributed by atoms with Crippen LogP contribution in [0.25, 0.3) is 66.2 Å². The number of nitrogens with two attached hydrogens (primary N) is 4. The zero-order chi connectivity index (χ0) is 106. The molecule has 6 aliphatic rings. The number of carbonyl (C=O) groups excluding carboxylic acids is 6. The van der Waals surface area contributed by atoms with Crippen molar-refractivity contribution >= 4 is 252 Å². The quantitative estimate of drug-likeness (QED) is 0.0199. The predicted octanol–water partition coefficient (Wildman–Crippen LogP) is 16.9. The van der Waals surface area contributed by atoms with E-state index in [1.54, 1.807) is 56.5 Å². The van der Waals surface area contributed by atoms with E-state index in [9.17, 15) is 28.8 Å². The summed E-state index contributed by atoms with van der Waals surface area (Å²) in [5.74, 6) is 0.00731. The highest BCUT2D eigenvalue weighted by Crippen LogP contribution is 2.47. The lowest BCUT2D eigenvalue weighted by molar-refractivity contribution is -0.128. The Hall–Kier alpha value is -10.3. The number of aliphatic hydroxyl groups is 1. The number of aliphatic hydroxyl groups excluding tert-OH is 1. The molecule has 6 aliphatic heterocycles. The fourth-order valence-corrected chi connectivity index (χ4v) is 21.8. The Morgan fingerprint density at radius 3 is 0.878 bits per heavy atom. The number of fused-ring (bicyclic) bond motifs is 6. The molecule has 6 amide bonds. The molecule has 1 unspecified atom stereocenters. The van der Waals surface area contributed by atoms with Gasteiger partial charge in [0, 0.05) is 172 Å². The zero-order valence-corrected chi connectivity index (χ0v) is 92.9. The summed E-state index contributed by atoms with van der Waals surface area (Å²) in [4.78, 5) is 131. The Kier molecular flexibility index (Phi) is 42.7. The molecule has 21 N–H and O–H groups in total. The van der Waals surface area contributed by atoms with Gasteiger partial charge in [0.25, 0.3) is 5.91 Å². The van der Waals surface area contributed by atoms with E-state index in [4.69, 9.17) is 86.5 Å². The highest BCUT2D eigenvalue weighted by atomic mass is 79.9. The number of pyridine rings is 6. The first kappa shape index (κ1) is 115. The van der Waals surface area contributed by atoms with Gasteiger partial charge in [-0.1, -0.05) is 61.5 Å². The standard InChI is InChI=1S/C20H29BrN4O2.C19H27BrN4O2.C17H24ClN5O2.C16H22BrN5O2.C16H22ClN5O2.C14H18ClN5O2/c1-5-14-7-6-8-25(11-14)18-15(21)9-22-19-17(18)16(10-23-19)24-20(26)13(4)27-12(2)3;1-4-13-6-5-7-24(10-13)18-14(20)8-21-19-17(18)15(9-22-19)23-16(25)11-26-12(2)3;1-10(2)25-9-14(24)22-13-7-21-17-15(13)16(12(18)6-20-17)23-5-3-4-11(19)8-23;2*1-2-24-9-13(23)21-12-7-20-16-14(12)15(11(17)6-19-16)22-5-3-4-10(18)8-22;15-9-4-17-14-12(10(5-18-14)19-11(22)7-21)13(9)20-3-1-2-8(16)6-20/h9-10,12-14H,5-8,11H2,1-4H3,(H,22,23)(H,24,26);8-9,12-13H,4-7,10-11H2,1-3H3,(H,21,22)(H,23,25);6-7,10-11H,3-5,8-9,19H2,1-2H3,(H,20,21)(H,22,24);2*6-7,10H,2-5,8-9,18H2,1H3,(H,19,20)(H,21,23);4-5,8,21H,1-3,6-7,16H2,(H,17,18)(H,19,22)/t13?,14-;13-;11-;2*10-;8-/m111111/s1. The van der Waals surface area contributed by atoms with Gasteiger partial charge in [0.1, 0.15) is 73.0 Å². The van der Waals surface area contributed by atoms with Gasteiger partial charge < -0.3 is 143 Å². The number of nitrogens with one attached hydrogen (secondary N) is 12. The topological polar surface area (TPSA) is 537 Å². The van der Waals surface area contributed by atoms with Crippen LogP contribution in [0.2, 0.25) is 15.1 Å². The maximum absolute atomic E-state index is 12.6. The summed E-state index contributed by atoms with van der Waals surface area (Å²) in [6.07, 6.45) is 35.7. The summed E-state index contributed by atoms with van der Waals surface area (Å²) < 4.78 is 29.5. The first-order chi connectivity index (χ1) is 71.1. The van der Waals surface area contributed by atoms with Crippen LogP contribution in [0.15, 0.2) is 87.8 Å². The molecule has 18 rings (SSSR count). The molecule has 46 heteroatoms. The van der Waals surface area contributed by atoms with Gasteiger partial charge in [0.2, 0.25) is 29.5 Å². The number of piperidine rings is 6. The lowest BCUT2D eigenvalue weighted by Gasteiger charge is -2.35. The smallest absolute Gasteiger partial charge is 0.253 e. The molecule has 0 aliphatic carbocycles. The number of amides is 6. The molecule has 12 aromatic heterocycles. The van der Waals surface area contributed by atoms with Crippen molar-refractivity contribution in [2.75, 3.05) is 186 Å². The minimum atomic E-state index is -0.579. The number of ether oxygens (including phenoxy) is 5. The van der Waals surface area contributed by atoms with E-state index in [0.717, 1.165) is 232 Å². The summed E-state index contributed by atoms with van der Waals surface area (Å²) >= 11 is 30.2. The Morgan fingerprint density at radius 2 is 0.615 bits per heavy atom. The van der Waals surface area contributed by atoms with Crippen molar-refractivity contribution < 1.29 is 57.6 Å². The van der Waals surface area contributed by atoms with E-state index in [1.165, 1.54) is 38.5 Å². The van der Waals surface area contributed by atoms with Gasteiger partial charge >= 0.3 is 0 Å². The first-order valence-electron chi connectivity index (χ1n) is 51.0. The summed E-state index contributed by atoms with van der Waals surface area (Å²) in [6.45, 7) is 32.5. The molecule has 6 saturated heterocycles. The molecule has 0 radical (unpaired) electrons. The summed E-state index contributed by atoms with van der Waals surface area (Å²) in [7, 11) is 0. The number of aromatic nitrogens is 12. The van der Waals surface area contributed by atoms with Gasteiger partial charge in [0.15, 0.2) is 0 Å². The Bertz CT molecular complexity index is 6350. The largest absolute Gasteiger partial charge is 0.387 e. The number of carbonyl (C=O) groups is 6. The van der Waals surface area contributed by atoms with Gasteiger partial charge in [-0.2, -0.15) is 0 Å². The number of rotatable bonds is 30. The molecule has 148 heavy (non-hydrogen) atoms. The van der Waals surface area contributed by atoms with Crippen LogP contribution in [0.3, 0.4) is 0 Å². The van der Waals surface area contributed by atoms with Gasteiger partial charge in [-0.05, 0) is 199 Å². The van der Waals surface area contributed by atoms with Crippen molar-refractivity contribution in [2.24, 2.45) is 34.8 Å². The minimum Gasteiger partial charge on any atom is -0.387 e. The third-order valence-corrected chi connectivity index (χ3v) is 28.9. The fraction of sp³-hybridized carbons (Fsp3) is 0.529. The van der Waals surface area contributed by atoms with Crippen molar-refractivity contribution in [1.82, 2.24) is 59.8 Å². The minimum absolute atomic E-state index is 0.000539. The number of hydrogen-bond donors (Lipinski definition) is 17. The number of anilines is 12. The van der Waals surface area contributed by atoms with Crippen molar-refractivity contribution in [3.05, 3.63) is 103 Å². The molecular weight excluding hydrogens is 2160 g/mol. The number of H-pyrrole nitrogens is 6. The van der Waals surface area contributed by atoms with E-state index in [0.29, 0.717) is 86.4 Å². The molecule has 40 nitrogen and oxygen atoms in total. The van der Waals surface area contributed by atoms with Crippen LogP contribution in [0.4, 0.5) is 68.2 Å². The van der Waals surface area contributed by atoms with E-state index < -0.39 is 18.6 Å². The zero-order valence-electron chi connectivity index (χ0n) is 85.9. The molecule has 18 heterocycles. The number of halogens is 6. The molecule has 7 atom stereocenters. The highest BCUT2D eigenvalue weighted by molar-refractivity contribution is 9.11. The molecule has 0 spiro atoms. The van der Waals surface area contributed by atoms with Crippen LogP contribution in [0.1, 0.15) is 166 Å². The summed E-state index contributed by atoms with van der Waals surface area (Å²) in [5, 5.41) is 33.0. The van der Waals surface area contributed by atoms with Crippen LogP contribution in [0, 0.1) is 11.8 Å². The molecular formula is C102H142Br3Cl3N28O12. The van der Waals surface area contributed by atoms with Gasteiger partial charge in [-0.25, -0.2) is 29.9 Å². The third kappa shape index (κ3) is 30.2. The van der Waals surface area contributed by atoms with Gasteiger partial charge in [0.05, 0.1) is 166 Å². The molecule has 0 saturated carbocycles. The van der Waals surface area contributed by atoms with E-state index in [2.05, 4.69) is 183 Å². The predicted molar refractivity (Wildman–Crippen MR) is 603 cm³/mol. The molecule has 6 fully saturated rings. The highest BCUT2D eigenvalue weighted by Gasteiger charge is 2.34.